The fourth-order valence-electron chi connectivity index (χ4n) is 0.966. The number of rotatable bonds is 0. The Morgan fingerprint density at radius 2 is 2.00 bits per heavy atom. The molecule has 0 amide bonds. The fourth-order valence-corrected chi connectivity index (χ4v) is 1.21. The van der Waals surface area contributed by atoms with Crippen LogP contribution in [0.1, 0.15) is 0 Å². The van der Waals surface area contributed by atoms with Gasteiger partial charge in [0, 0.05) is 0 Å². The van der Waals surface area contributed by atoms with Gasteiger partial charge in [-0.25, -0.2) is 4.39 Å². The highest BCUT2D eigenvalue weighted by Gasteiger charge is 2.51. The molecule has 2 unspecified atom stereocenters. The van der Waals surface area contributed by atoms with Crippen LogP contribution in [0.15, 0.2) is 23.8 Å². The zero-order chi connectivity index (χ0) is 10.3. The summed E-state index contributed by atoms with van der Waals surface area (Å²) >= 11 is 5.04. The Labute approximate surface area is 76.8 Å². The normalized spacial score (nSPS) is 34.6. The summed E-state index contributed by atoms with van der Waals surface area (Å²) in [6, 6.07) is -1.48. The SMILES string of the molecule is NC1C=CC=C(C(F)(F)F)C1(F)Cl. The van der Waals surface area contributed by atoms with Gasteiger partial charge in [0.2, 0.25) is 5.13 Å². The van der Waals surface area contributed by atoms with Crippen molar-refractivity contribution in [2.45, 2.75) is 17.3 Å². The highest BCUT2D eigenvalue weighted by Crippen LogP contribution is 2.42. The molecule has 2 atom stereocenters. The van der Waals surface area contributed by atoms with E-state index in [1.807, 2.05) is 0 Å². The van der Waals surface area contributed by atoms with Crippen LogP contribution < -0.4 is 5.73 Å². The van der Waals surface area contributed by atoms with E-state index in [2.05, 4.69) is 0 Å². The van der Waals surface area contributed by atoms with Crippen LogP contribution in [0.4, 0.5) is 17.6 Å². The average molecular weight is 216 g/mol. The third-order valence-corrected chi connectivity index (χ3v) is 2.12. The standard InChI is InChI=1S/C7H6ClF4N/c8-6(9)4(7(10,11)12)2-1-3-5(6)13/h1-3,5H,13H2. The van der Waals surface area contributed by atoms with Crippen LogP contribution in [0.2, 0.25) is 0 Å². The van der Waals surface area contributed by atoms with E-state index in [0.717, 1.165) is 12.2 Å². The van der Waals surface area contributed by atoms with Crippen molar-refractivity contribution in [2.24, 2.45) is 5.73 Å². The van der Waals surface area contributed by atoms with Crippen LogP contribution in [0.5, 0.6) is 0 Å². The first-order chi connectivity index (χ1) is 5.76. The zero-order valence-electron chi connectivity index (χ0n) is 6.28. The van der Waals surface area contributed by atoms with Gasteiger partial charge in [0.1, 0.15) is 0 Å². The minimum Gasteiger partial charge on any atom is -0.320 e. The Morgan fingerprint density at radius 3 is 2.38 bits per heavy atom. The molecule has 0 saturated carbocycles. The first kappa shape index (κ1) is 10.5. The summed E-state index contributed by atoms with van der Waals surface area (Å²) in [6.45, 7) is 0. The second kappa shape index (κ2) is 2.99. The molecular weight excluding hydrogens is 210 g/mol. The molecule has 13 heavy (non-hydrogen) atoms. The third-order valence-electron chi connectivity index (χ3n) is 1.66. The molecule has 0 saturated heterocycles. The number of alkyl halides is 5. The Balaban J connectivity index is 3.09. The summed E-state index contributed by atoms with van der Waals surface area (Å²) in [6.07, 6.45) is -2.11. The molecule has 0 aromatic heterocycles. The molecule has 74 valence electrons. The maximum atomic E-state index is 13.2. The van der Waals surface area contributed by atoms with Crippen LogP contribution >= 0.6 is 11.6 Å². The summed E-state index contributed by atoms with van der Waals surface area (Å²) in [7, 11) is 0. The zero-order valence-corrected chi connectivity index (χ0v) is 7.03. The fraction of sp³-hybridized carbons (Fsp3) is 0.429. The molecule has 1 rings (SSSR count). The number of hydrogen-bond acceptors (Lipinski definition) is 1. The van der Waals surface area contributed by atoms with E-state index in [0.29, 0.717) is 6.08 Å². The molecule has 0 aliphatic heterocycles. The molecule has 0 bridgehead atoms. The first-order valence-electron chi connectivity index (χ1n) is 3.36. The van der Waals surface area contributed by atoms with E-state index in [1.165, 1.54) is 0 Å². The summed E-state index contributed by atoms with van der Waals surface area (Å²) in [5.41, 5.74) is 3.60. The lowest BCUT2D eigenvalue weighted by Crippen LogP contribution is -2.45. The third kappa shape index (κ3) is 1.86. The molecule has 1 nitrogen and oxygen atoms in total. The van der Waals surface area contributed by atoms with E-state index >= 15 is 0 Å². The molecule has 2 N–H and O–H groups in total. The van der Waals surface area contributed by atoms with Crippen molar-refractivity contribution in [1.29, 1.82) is 0 Å². The topological polar surface area (TPSA) is 26.0 Å². The van der Waals surface area contributed by atoms with Crippen molar-refractivity contribution in [3.63, 3.8) is 0 Å². The molecule has 0 fully saturated rings. The molecule has 6 heteroatoms. The highest BCUT2D eigenvalue weighted by molar-refractivity contribution is 6.25. The molecule has 0 radical (unpaired) electrons. The van der Waals surface area contributed by atoms with Crippen molar-refractivity contribution in [2.75, 3.05) is 0 Å². The van der Waals surface area contributed by atoms with Gasteiger partial charge in [-0.2, -0.15) is 13.2 Å². The smallest absolute Gasteiger partial charge is 0.320 e. The van der Waals surface area contributed by atoms with Crippen LogP contribution in [0.3, 0.4) is 0 Å². The lowest BCUT2D eigenvalue weighted by molar-refractivity contribution is -0.104. The van der Waals surface area contributed by atoms with Gasteiger partial charge in [-0.3, -0.25) is 0 Å². The molecule has 0 aromatic carbocycles. The van der Waals surface area contributed by atoms with Gasteiger partial charge >= 0.3 is 6.18 Å². The number of hydrogen-bond donors (Lipinski definition) is 1. The van der Waals surface area contributed by atoms with E-state index in [-0.39, 0.29) is 0 Å². The number of allylic oxidation sites excluding steroid dienone is 2. The van der Waals surface area contributed by atoms with Crippen molar-refractivity contribution < 1.29 is 17.6 Å². The van der Waals surface area contributed by atoms with E-state index in [1.54, 1.807) is 0 Å². The maximum absolute atomic E-state index is 13.2. The monoisotopic (exact) mass is 215 g/mol. The minimum absolute atomic E-state index is 0.580. The van der Waals surface area contributed by atoms with Crippen molar-refractivity contribution >= 4 is 11.6 Å². The van der Waals surface area contributed by atoms with E-state index < -0.39 is 22.9 Å². The quantitative estimate of drug-likeness (QED) is 0.487. The van der Waals surface area contributed by atoms with Crippen molar-refractivity contribution in [1.82, 2.24) is 0 Å². The summed E-state index contributed by atoms with van der Waals surface area (Å²) in [4.78, 5) is 0. The minimum atomic E-state index is -4.79. The van der Waals surface area contributed by atoms with E-state index in [9.17, 15) is 17.6 Å². The van der Waals surface area contributed by atoms with Crippen LogP contribution in [-0.2, 0) is 0 Å². The second-order valence-corrected chi connectivity index (χ2v) is 3.16. The van der Waals surface area contributed by atoms with Crippen molar-refractivity contribution in [3.8, 4) is 0 Å². The molecule has 1 aliphatic carbocycles. The summed E-state index contributed by atoms with van der Waals surface area (Å²) in [5.74, 6) is 0. The Morgan fingerprint density at radius 1 is 1.46 bits per heavy atom. The van der Waals surface area contributed by atoms with Gasteiger partial charge in [0.05, 0.1) is 11.6 Å². The highest BCUT2D eigenvalue weighted by atomic mass is 35.5. The lowest BCUT2D eigenvalue weighted by Gasteiger charge is -2.29. The molecular formula is C7H6ClF4N. The number of nitrogens with two attached hydrogens (primary N) is 1. The molecule has 1 aliphatic rings. The van der Waals surface area contributed by atoms with Gasteiger partial charge in [0.25, 0.3) is 0 Å². The molecule has 0 spiro atoms. The number of halogens is 5. The lowest BCUT2D eigenvalue weighted by atomic mass is 9.98. The van der Waals surface area contributed by atoms with E-state index in [4.69, 9.17) is 17.3 Å². The Kier molecular flexibility index (Phi) is 2.42. The van der Waals surface area contributed by atoms with Gasteiger partial charge in [-0.05, 0) is 6.08 Å². The average Bonchev–Trinajstić information content (AvgIpc) is 1.92. The maximum Gasteiger partial charge on any atom is 0.417 e. The van der Waals surface area contributed by atoms with Crippen molar-refractivity contribution in [3.05, 3.63) is 23.8 Å². The first-order valence-corrected chi connectivity index (χ1v) is 3.73. The Hall–Kier alpha value is -0.550. The van der Waals surface area contributed by atoms with Crippen LogP contribution in [0.25, 0.3) is 0 Å². The summed E-state index contributed by atoms with van der Waals surface area (Å²) < 4.78 is 49.6. The Bertz CT molecular complexity index is 266. The van der Waals surface area contributed by atoms with Crippen LogP contribution in [0, 0.1) is 0 Å². The molecule has 0 aromatic rings. The van der Waals surface area contributed by atoms with Gasteiger partial charge in [0.15, 0.2) is 0 Å². The predicted octanol–water partition coefficient (Wildman–Crippen LogP) is 2.28. The molecule has 0 heterocycles. The summed E-state index contributed by atoms with van der Waals surface area (Å²) in [5, 5.41) is -3.06. The van der Waals surface area contributed by atoms with Gasteiger partial charge in [-0.1, -0.05) is 23.8 Å². The predicted molar refractivity (Wildman–Crippen MR) is 40.9 cm³/mol. The van der Waals surface area contributed by atoms with Gasteiger partial charge in [-0.15, -0.1) is 0 Å². The van der Waals surface area contributed by atoms with Crippen LogP contribution in [-0.4, -0.2) is 17.3 Å². The largest absolute Gasteiger partial charge is 0.417 e. The van der Waals surface area contributed by atoms with Gasteiger partial charge < -0.3 is 5.73 Å². The second-order valence-electron chi connectivity index (χ2n) is 2.61.